The first kappa shape index (κ1) is 5.97. The summed E-state index contributed by atoms with van der Waals surface area (Å²) in [6.45, 7) is 1.65. The van der Waals surface area contributed by atoms with E-state index in [4.69, 9.17) is 5.11 Å². The van der Waals surface area contributed by atoms with Crippen LogP contribution in [-0.4, -0.2) is 41.3 Å². The first-order valence-corrected chi connectivity index (χ1v) is 3.52. The Balaban J connectivity index is 2.00. The van der Waals surface area contributed by atoms with Gasteiger partial charge in [-0.05, 0) is 13.0 Å². The molecule has 2 atom stereocenters. The maximum atomic E-state index is 10.4. The van der Waals surface area contributed by atoms with Crippen LogP contribution in [0.2, 0.25) is 0 Å². The summed E-state index contributed by atoms with van der Waals surface area (Å²) in [6.07, 6.45) is 0.210. The molecular formula is C6H10N2O2. The monoisotopic (exact) mass is 142 g/mol. The van der Waals surface area contributed by atoms with Gasteiger partial charge in [-0.25, -0.2) is 4.79 Å². The second-order valence-corrected chi connectivity index (χ2v) is 2.85. The number of nitrogens with one attached hydrogen (secondary N) is 1. The van der Waals surface area contributed by atoms with Gasteiger partial charge < -0.3 is 15.3 Å². The quantitative estimate of drug-likeness (QED) is 0.488. The Morgan fingerprint density at radius 1 is 1.70 bits per heavy atom. The van der Waals surface area contributed by atoms with Crippen molar-refractivity contribution in [3.63, 3.8) is 0 Å². The number of rotatable bonds is 0. The van der Waals surface area contributed by atoms with Crippen LogP contribution in [0.15, 0.2) is 0 Å². The predicted octanol–water partition coefficient (Wildman–Crippen LogP) is -0.290. The van der Waals surface area contributed by atoms with Gasteiger partial charge in [0.15, 0.2) is 0 Å². The molecule has 0 aromatic heterocycles. The zero-order valence-electron chi connectivity index (χ0n) is 5.58. The second kappa shape index (κ2) is 1.85. The number of likely N-dealkylation sites (tertiary alicyclic amines) is 1. The normalized spacial score (nSPS) is 37.0. The molecule has 4 heteroatoms. The largest absolute Gasteiger partial charge is 0.465 e. The molecule has 2 aliphatic rings. The second-order valence-electron chi connectivity index (χ2n) is 2.85. The van der Waals surface area contributed by atoms with Crippen LogP contribution in [0.25, 0.3) is 0 Å². The van der Waals surface area contributed by atoms with Gasteiger partial charge in [0.1, 0.15) is 0 Å². The summed E-state index contributed by atoms with van der Waals surface area (Å²) in [4.78, 5) is 11.9. The maximum absolute atomic E-state index is 10.4. The van der Waals surface area contributed by atoms with Gasteiger partial charge in [0.25, 0.3) is 0 Å². The lowest BCUT2D eigenvalue weighted by molar-refractivity contribution is 0.0652. The van der Waals surface area contributed by atoms with Crippen LogP contribution in [0.1, 0.15) is 6.42 Å². The number of amides is 1. The zero-order chi connectivity index (χ0) is 7.14. The van der Waals surface area contributed by atoms with Crippen LogP contribution in [-0.2, 0) is 0 Å². The average Bonchev–Trinajstić information content (AvgIpc) is 2.11. The minimum atomic E-state index is -0.773. The van der Waals surface area contributed by atoms with E-state index in [1.807, 2.05) is 0 Å². The SMILES string of the molecule is O=C(O)N1C[C@@H]2NCC[C@@H]21. The van der Waals surface area contributed by atoms with E-state index in [1.54, 1.807) is 0 Å². The lowest BCUT2D eigenvalue weighted by atomic mass is 9.99. The summed E-state index contributed by atoms with van der Waals surface area (Å²) in [5.74, 6) is 0. The fraction of sp³-hybridized carbons (Fsp3) is 0.833. The van der Waals surface area contributed by atoms with Crippen molar-refractivity contribution in [2.45, 2.75) is 18.5 Å². The van der Waals surface area contributed by atoms with Crippen molar-refractivity contribution in [3.8, 4) is 0 Å². The van der Waals surface area contributed by atoms with Gasteiger partial charge in [0.2, 0.25) is 0 Å². The summed E-state index contributed by atoms with van der Waals surface area (Å²) < 4.78 is 0. The molecule has 1 amide bonds. The van der Waals surface area contributed by atoms with Crippen molar-refractivity contribution < 1.29 is 9.90 Å². The lowest BCUT2D eigenvalue weighted by Crippen LogP contribution is -2.62. The van der Waals surface area contributed by atoms with E-state index in [1.165, 1.54) is 4.90 Å². The smallest absolute Gasteiger partial charge is 0.407 e. The van der Waals surface area contributed by atoms with Crippen molar-refractivity contribution in [2.75, 3.05) is 13.1 Å². The standard InChI is InChI=1S/C6H10N2O2/c9-6(10)8-3-4-5(8)1-2-7-4/h4-5,7H,1-3H2,(H,9,10)/t4-,5-/m0/s1. The molecule has 0 aromatic rings. The number of carbonyl (C=O) groups is 1. The summed E-state index contributed by atoms with van der Waals surface area (Å²) in [6, 6.07) is 0.730. The molecule has 0 bridgehead atoms. The molecule has 2 aliphatic heterocycles. The van der Waals surface area contributed by atoms with Gasteiger partial charge in [0.05, 0.1) is 6.04 Å². The van der Waals surface area contributed by atoms with Crippen molar-refractivity contribution in [2.24, 2.45) is 0 Å². The van der Waals surface area contributed by atoms with Crippen molar-refractivity contribution >= 4 is 6.09 Å². The molecule has 10 heavy (non-hydrogen) atoms. The molecule has 2 rings (SSSR count). The van der Waals surface area contributed by atoms with Crippen LogP contribution < -0.4 is 5.32 Å². The Labute approximate surface area is 58.8 Å². The van der Waals surface area contributed by atoms with E-state index >= 15 is 0 Å². The molecule has 2 saturated heterocycles. The molecule has 0 radical (unpaired) electrons. The number of hydrogen-bond donors (Lipinski definition) is 2. The Bertz CT molecular complexity index is 171. The van der Waals surface area contributed by atoms with Gasteiger partial charge in [-0.1, -0.05) is 0 Å². The molecule has 0 unspecified atom stereocenters. The number of nitrogens with zero attached hydrogens (tertiary/aromatic N) is 1. The van der Waals surface area contributed by atoms with E-state index in [9.17, 15) is 4.79 Å². The van der Waals surface area contributed by atoms with Gasteiger partial charge in [-0.15, -0.1) is 0 Å². The third kappa shape index (κ3) is 0.623. The maximum Gasteiger partial charge on any atom is 0.407 e. The first-order valence-electron chi connectivity index (χ1n) is 3.52. The van der Waals surface area contributed by atoms with E-state index in [0.717, 1.165) is 13.0 Å². The fourth-order valence-corrected chi connectivity index (χ4v) is 1.74. The summed E-state index contributed by atoms with van der Waals surface area (Å²) in [5, 5.41) is 11.8. The Kier molecular flexibility index (Phi) is 1.11. The van der Waals surface area contributed by atoms with Gasteiger partial charge in [-0.2, -0.15) is 0 Å². The number of carboxylic acid groups (broad SMARTS) is 1. The molecule has 4 nitrogen and oxygen atoms in total. The highest BCUT2D eigenvalue weighted by molar-refractivity contribution is 5.67. The van der Waals surface area contributed by atoms with Crippen molar-refractivity contribution in [3.05, 3.63) is 0 Å². The molecule has 2 heterocycles. The molecule has 2 N–H and O–H groups in total. The topological polar surface area (TPSA) is 52.6 Å². The van der Waals surface area contributed by atoms with E-state index < -0.39 is 6.09 Å². The van der Waals surface area contributed by atoms with Crippen LogP contribution >= 0.6 is 0 Å². The fourth-order valence-electron chi connectivity index (χ4n) is 1.74. The third-order valence-electron chi connectivity index (χ3n) is 2.35. The van der Waals surface area contributed by atoms with Gasteiger partial charge >= 0.3 is 6.09 Å². The van der Waals surface area contributed by atoms with Crippen molar-refractivity contribution in [1.29, 1.82) is 0 Å². The zero-order valence-corrected chi connectivity index (χ0v) is 5.58. The molecular weight excluding hydrogens is 132 g/mol. The molecule has 0 aliphatic carbocycles. The van der Waals surface area contributed by atoms with Crippen LogP contribution in [0.4, 0.5) is 4.79 Å². The van der Waals surface area contributed by atoms with E-state index in [2.05, 4.69) is 5.32 Å². The van der Waals surface area contributed by atoms with Crippen LogP contribution in [0.5, 0.6) is 0 Å². The molecule has 0 saturated carbocycles. The van der Waals surface area contributed by atoms with Crippen LogP contribution in [0, 0.1) is 0 Å². The highest BCUT2D eigenvalue weighted by Gasteiger charge is 2.44. The minimum Gasteiger partial charge on any atom is -0.465 e. The average molecular weight is 142 g/mol. The Hall–Kier alpha value is -0.770. The van der Waals surface area contributed by atoms with E-state index in [-0.39, 0.29) is 6.04 Å². The number of fused-ring (bicyclic) bond motifs is 1. The van der Waals surface area contributed by atoms with Crippen molar-refractivity contribution in [1.82, 2.24) is 10.2 Å². The summed E-state index contributed by atoms with van der Waals surface area (Å²) in [5.41, 5.74) is 0. The molecule has 0 aromatic carbocycles. The van der Waals surface area contributed by atoms with Crippen LogP contribution in [0.3, 0.4) is 0 Å². The van der Waals surface area contributed by atoms with Gasteiger partial charge in [0, 0.05) is 12.6 Å². The highest BCUT2D eigenvalue weighted by Crippen LogP contribution is 2.24. The molecule has 0 spiro atoms. The summed E-state index contributed by atoms with van der Waals surface area (Å²) in [7, 11) is 0. The lowest BCUT2D eigenvalue weighted by Gasteiger charge is -2.41. The Morgan fingerprint density at radius 2 is 2.50 bits per heavy atom. The third-order valence-corrected chi connectivity index (χ3v) is 2.35. The highest BCUT2D eigenvalue weighted by atomic mass is 16.4. The molecule has 56 valence electrons. The summed E-state index contributed by atoms with van der Waals surface area (Å²) >= 11 is 0. The first-order chi connectivity index (χ1) is 4.79. The number of hydrogen-bond acceptors (Lipinski definition) is 2. The minimum absolute atomic E-state index is 0.275. The van der Waals surface area contributed by atoms with Gasteiger partial charge in [-0.3, -0.25) is 0 Å². The molecule has 2 fully saturated rings. The Morgan fingerprint density at radius 3 is 3.10 bits per heavy atom. The predicted molar refractivity (Wildman–Crippen MR) is 34.9 cm³/mol. The van der Waals surface area contributed by atoms with E-state index in [0.29, 0.717) is 12.6 Å².